The van der Waals surface area contributed by atoms with Gasteiger partial charge in [0.15, 0.2) is 5.17 Å². The minimum Gasteiger partial charge on any atom is -1.00 e. The molecule has 0 aliphatic carbocycles. The summed E-state index contributed by atoms with van der Waals surface area (Å²) in [6, 6.07) is 1.41. The van der Waals surface area contributed by atoms with Crippen LogP contribution in [0.1, 0.15) is 30.4 Å². The number of likely N-dealkylation sites (tertiary alicyclic amines) is 1. The van der Waals surface area contributed by atoms with E-state index in [4.69, 9.17) is 0 Å². The van der Waals surface area contributed by atoms with E-state index < -0.39 is 23.5 Å². The largest absolute Gasteiger partial charge is 1.00 e. The van der Waals surface area contributed by atoms with E-state index in [0.717, 1.165) is 19.3 Å². The molecular weight excluding hydrogens is 481 g/mol. The number of piperidine rings is 1. The quantitative estimate of drug-likeness (QED) is 0.257. The highest BCUT2D eigenvalue weighted by molar-refractivity contribution is 8.13. The second kappa shape index (κ2) is 8.83. The van der Waals surface area contributed by atoms with Crippen molar-refractivity contribution in [2.45, 2.75) is 31.6 Å². The van der Waals surface area contributed by atoms with E-state index in [1.54, 1.807) is 6.26 Å². The molecule has 0 saturated carbocycles. The Morgan fingerprint density at radius 1 is 0.920 bits per heavy atom. The SMILES string of the molecule is CSC(=Nc1cc(C(F)(F)F)cc(C(F)(F)F)c1)N1CCCCC1.[I-]. The molecule has 1 aromatic carbocycles. The van der Waals surface area contributed by atoms with Crippen molar-refractivity contribution in [1.29, 1.82) is 0 Å². The van der Waals surface area contributed by atoms with Crippen LogP contribution in [0.4, 0.5) is 32.0 Å². The summed E-state index contributed by atoms with van der Waals surface area (Å²) in [5.74, 6) is 0. The molecular formula is C15H16F6IN2S-. The van der Waals surface area contributed by atoms with E-state index in [0.29, 0.717) is 30.4 Å². The maximum absolute atomic E-state index is 12.9. The Balaban J connectivity index is 0.00000312. The van der Waals surface area contributed by atoms with Crippen LogP contribution in [0.2, 0.25) is 0 Å². The molecule has 1 aromatic rings. The molecule has 0 amide bonds. The lowest BCUT2D eigenvalue weighted by atomic mass is 10.1. The third kappa shape index (κ3) is 6.22. The average molecular weight is 497 g/mol. The maximum Gasteiger partial charge on any atom is 0.416 e. The summed E-state index contributed by atoms with van der Waals surface area (Å²) < 4.78 is 77.3. The van der Waals surface area contributed by atoms with E-state index in [-0.39, 0.29) is 35.7 Å². The zero-order valence-electron chi connectivity index (χ0n) is 13.2. The van der Waals surface area contributed by atoms with Crippen LogP contribution in [0.5, 0.6) is 0 Å². The fraction of sp³-hybridized carbons (Fsp3) is 0.533. The van der Waals surface area contributed by atoms with Gasteiger partial charge in [-0.05, 0) is 43.7 Å². The zero-order chi connectivity index (χ0) is 18.0. The summed E-state index contributed by atoms with van der Waals surface area (Å²) in [5.41, 5.74) is -3.04. The maximum atomic E-state index is 12.9. The number of amidine groups is 1. The van der Waals surface area contributed by atoms with Crippen LogP contribution >= 0.6 is 11.8 Å². The van der Waals surface area contributed by atoms with Crippen molar-refractivity contribution >= 4 is 22.6 Å². The molecule has 0 unspecified atom stereocenters. The highest BCUT2D eigenvalue weighted by Crippen LogP contribution is 2.38. The standard InChI is InChI=1S/C15H16F6N2S.HI/c1-24-13(23-5-3-2-4-6-23)22-12-8-10(14(16,17)18)7-11(9-12)15(19,20)21;/h7-9H,2-6H2,1H3;1H/p-1. The number of alkyl halides is 6. The molecule has 1 aliphatic rings. The number of nitrogens with zero attached hydrogens (tertiary/aromatic N) is 2. The summed E-state index contributed by atoms with van der Waals surface area (Å²) in [4.78, 5) is 5.95. The molecule has 2 rings (SSSR count). The van der Waals surface area contributed by atoms with Gasteiger partial charge in [0, 0.05) is 13.1 Å². The van der Waals surface area contributed by atoms with Crippen molar-refractivity contribution < 1.29 is 50.3 Å². The van der Waals surface area contributed by atoms with Gasteiger partial charge in [-0.15, -0.1) is 0 Å². The molecule has 0 spiro atoms. The molecule has 1 aliphatic heterocycles. The van der Waals surface area contributed by atoms with Gasteiger partial charge >= 0.3 is 12.4 Å². The molecule has 142 valence electrons. The zero-order valence-corrected chi connectivity index (χ0v) is 16.2. The van der Waals surface area contributed by atoms with Gasteiger partial charge in [-0.25, -0.2) is 4.99 Å². The number of hydrogen-bond donors (Lipinski definition) is 0. The summed E-state index contributed by atoms with van der Waals surface area (Å²) in [6.07, 6.45) is -5.12. The van der Waals surface area contributed by atoms with Gasteiger partial charge in [0.25, 0.3) is 0 Å². The molecule has 0 N–H and O–H groups in total. The third-order valence-electron chi connectivity index (χ3n) is 3.61. The molecule has 1 heterocycles. The van der Waals surface area contributed by atoms with E-state index in [2.05, 4.69) is 4.99 Å². The van der Waals surface area contributed by atoms with Gasteiger partial charge < -0.3 is 28.9 Å². The second-order valence-electron chi connectivity index (χ2n) is 5.41. The number of hydrogen-bond acceptors (Lipinski definition) is 2. The van der Waals surface area contributed by atoms with Gasteiger partial charge in [0.1, 0.15) is 0 Å². The molecule has 0 atom stereocenters. The fourth-order valence-corrected chi connectivity index (χ4v) is 3.08. The van der Waals surface area contributed by atoms with E-state index in [1.807, 2.05) is 4.90 Å². The smallest absolute Gasteiger partial charge is 0.416 e. The monoisotopic (exact) mass is 497 g/mol. The molecule has 0 radical (unpaired) electrons. The van der Waals surface area contributed by atoms with Crippen molar-refractivity contribution in [2.75, 3.05) is 19.3 Å². The summed E-state index contributed by atoms with van der Waals surface area (Å²) >= 11 is 1.21. The van der Waals surface area contributed by atoms with Crippen molar-refractivity contribution in [1.82, 2.24) is 4.90 Å². The summed E-state index contributed by atoms with van der Waals surface area (Å²) in [5, 5.41) is 0.433. The molecule has 25 heavy (non-hydrogen) atoms. The predicted octanol–water partition coefficient (Wildman–Crippen LogP) is 2.56. The Morgan fingerprint density at radius 3 is 1.80 bits per heavy atom. The Labute approximate surface area is 163 Å². The van der Waals surface area contributed by atoms with E-state index in [1.165, 1.54) is 11.8 Å². The number of aliphatic imine (C=N–C) groups is 1. The number of halogens is 7. The van der Waals surface area contributed by atoms with Gasteiger partial charge in [0.05, 0.1) is 16.8 Å². The first-order valence-electron chi connectivity index (χ1n) is 7.28. The normalized spacial score (nSPS) is 16.6. The predicted molar refractivity (Wildman–Crippen MR) is 82.5 cm³/mol. The summed E-state index contributed by atoms with van der Waals surface area (Å²) in [7, 11) is 0. The van der Waals surface area contributed by atoms with Crippen LogP contribution in [0.3, 0.4) is 0 Å². The first-order chi connectivity index (χ1) is 11.1. The van der Waals surface area contributed by atoms with Gasteiger partial charge in [-0.2, -0.15) is 26.3 Å². The van der Waals surface area contributed by atoms with Gasteiger partial charge in [0.2, 0.25) is 0 Å². The lowest BCUT2D eigenvalue weighted by Crippen LogP contribution is -3.00. The number of rotatable bonds is 1. The summed E-state index contributed by atoms with van der Waals surface area (Å²) in [6.45, 7) is 1.40. The minimum atomic E-state index is -4.86. The van der Waals surface area contributed by atoms with Crippen molar-refractivity contribution in [2.24, 2.45) is 4.99 Å². The topological polar surface area (TPSA) is 15.6 Å². The highest BCUT2D eigenvalue weighted by Gasteiger charge is 2.37. The average Bonchev–Trinajstić information content (AvgIpc) is 2.51. The minimum absolute atomic E-state index is 0. The van der Waals surface area contributed by atoms with Gasteiger partial charge in [-0.1, -0.05) is 11.8 Å². The number of thioether (sulfide) groups is 1. The van der Waals surface area contributed by atoms with Crippen LogP contribution in [0, 0.1) is 0 Å². The van der Waals surface area contributed by atoms with Crippen molar-refractivity contribution in [3.05, 3.63) is 29.3 Å². The lowest BCUT2D eigenvalue weighted by Gasteiger charge is -2.28. The van der Waals surface area contributed by atoms with E-state index >= 15 is 0 Å². The molecule has 10 heteroatoms. The fourth-order valence-electron chi connectivity index (χ4n) is 2.44. The van der Waals surface area contributed by atoms with Crippen molar-refractivity contribution in [3.8, 4) is 0 Å². The van der Waals surface area contributed by atoms with Crippen LogP contribution in [-0.2, 0) is 12.4 Å². The van der Waals surface area contributed by atoms with Crippen LogP contribution < -0.4 is 24.0 Å². The molecule has 1 saturated heterocycles. The molecule has 2 nitrogen and oxygen atoms in total. The Bertz CT molecular complexity index is 577. The Kier molecular flexibility index (Phi) is 7.91. The highest BCUT2D eigenvalue weighted by atomic mass is 127. The Morgan fingerprint density at radius 2 is 1.40 bits per heavy atom. The lowest BCUT2D eigenvalue weighted by molar-refractivity contribution is -0.143. The van der Waals surface area contributed by atoms with Crippen LogP contribution in [-0.4, -0.2) is 29.4 Å². The number of benzene rings is 1. The second-order valence-corrected chi connectivity index (χ2v) is 6.18. The Hall–Kier alpha value is -0.650. The van der Waals surface area contributed by atoms with Crippen LogP contribution in [0.15, 0.2) is 23.2 Å². The van der Waals surface area contributed by atoms with Crippen molar-refractivity contribution in [3.63, 3.8) is 0 Å². The first-order valence-corrected chi connectivity index (χ1v) is 8.51. The van der Waals surface area contributed by atoms with Crippen LogP contribution in [0.25, 0.3) is 0 Å². The molecule has 0 aromatic heterocycles. The van der Waals surface area contributed by atoms with E-state index in [9.17, 15) is 26.3 Å². The van der Waals surface area contributed by atoms with Gasteiger partial charge in [-0.3, -0.25) is 0 Å². The third-order valence-corrected chi connectivity index (χ3v) is 4.32. The molecule has 1 fully saturated rings. The first kappa shape index (κ1) is 22.4. The molecule has 0 bridgehead atoms.